The zero-order valence-corrected chi connectivity index (χ0v) is 8.78. The van der Waals surface area contributed by atoms with Crippen molar-refractivity contribution in [2.75, 3.05) is 0 Å². The second-order valence-electron chi connectivity index (χ2n) is 3.02. The Bertz CT molecular complexity index is 508. The SMILES string of the molecule is Cc1cc(-c2cnc(C(=O)O)s2)ccn1. The first kappa shape index (κ1) is 9.79. The van der Waals surface area contributed by atoms with Crippen LogP contribution in [0.25, 0.3) is 10.4 Å². The molecule has 0 spiro atoms. The third-order valence-electron chi connectivity index (χ3n) is 1.87. The maximum Gasteiger partial charge on any atom is 0.365 e. The molecule has 0 saturated carbocycles. The van der Waals surface area contributed by atoms with E-state index in [-0.39, 0.29) is 5.01 Å². The average molecular weight is 220 g/mol. The number of carboxylic acids is 1. The first-order valence-corrected chi connectivity index (χ1v) is 5.10. The lowest BCUT2D eigenvalue weighted by molar-refractivity contribution is 0.0696. The van der Waals surface area contributed by atoms with Crippen LogP contribution in [0.5, 0.6) is 0 Å². The van der Waals surface area contributed by atoms with Gasteiger partial charge < -0.3 is 5.11 Å². The Balaban J connectivity index is 2.41. The zero-order valence-electron chi connectivity index (χ0n) is 7.97. The van der Waals surface area contributed by atoms with Crippen molar-refractivity contribution in [2.45, 2.75) is 6.92 Å². The summed E-state index contributed by atoms with van der Waals surface area (Å²) in [6.07, 6.45) is 3.27. The summed E-state index contributed by atoms with van der Waals surface area (Å²) in [5.41, 5.74) is 1.85. The highest BCUT2D eigenvalue weighted by atomic mass is 32.1. The van der Waals surface area contributed by atoms with Crippen molar-refractivity contribution >= 4 is 17.3 Å². The molecule has 0 fully saturated rings. The first-order chi connectivity index (χ1) is 7.16. The van der Waals surface area contributed by atoms with Crippen molar-refractivity contribution in [2.24, 2.45) is 0 Å². The minimum Gasteiger partial charge on any atom is -0.476 e. The van der Waals surface area contributed by atoms with Crippen LogP contribution in [0, 0.1) is 6.92 Å². The number of aryl methyl sites for hydroxylation is 1. The molecular weight excluding hydrogens is 212 g/mol. The second-order valence-corrected chi connectivity index (χ2v) is 4.05. The molecule has 2 aromatic heterocycles. The molecule has 2 rings (SSSR count). The number of aromatic carboxylic acids is 1. The van der Waals surface area contributed by atoms with Crippen LogP contribution in [0.1, 0.15) is 15.5 Å². The van der Waals surface area contributed by atoms with Gasteiger partial charge in [0.1, 0.15) is 0 Å². The van der Waals surface area contributed by atoms with Gasteiger partial charge in [-0.05, 0) is 24.6 Å². The third kappa shape index (κ3) is 2.02. The van der Waals surface area contributed by atoms with Gasteiger partial charge >= 0.3 is 5.97 Å². The number of thiazole rings is 1. The molecule has 0 aliphatic heterocycles. The van der Waals surface area contributed by atoms with E-state index in [1.807, 2.05) is 19.1 Å². The van der Waals surface area contributed by atoms with Gasteiger partial charge in [0, 0.05) is 18.1 Å². The molecule has 0 radical (unpaired) electrons. The number of hydrogen-bond donors (Lipinski definition) is 1. The topological polar surface area (TPSA) is 63.1 Å². The Labute approximate surface area is 90.3 Å². The molecule has 2 aromatic rings. The highest BCUT2D eigenvalue weighted by Crippen LogP contribution is 2.25. The Kier molecular flexibility index (Phi) is 2.47. The summed E-state index contributed by atoms with van der Waals surface area (Å²) in [7, 11) is 0. The van der Waals surface area contributed by atoms with Crippen LogP contribution in [0.15, 0.2) is 24.5 Å². The van der Waals surface area contributed by atoms with Gasteiger partial charge in [-0.2, -0.15) is 0 Å². The van der Waals surface area contributed by atoms with Gasteiger partial charge in [0.15, 0.2) is 0 Å². The van der Waals surface area contributed by atoms with Gasteiger partial charge in [-0.3, -0.25) is 4.98 Å². The minimum absolute atomic E-state index is 0.111. The Morgan fingerprint density at radius 1 is 1.47 bits per heavy atom. The lowest BCUT2D eigenvalue weighted by atomic mass is 10.2. The number of pyridine rings is 1. The summed E-state index contributed by atoms with van der Waals surface area (Å²) in [5, 5.41) is 8.85. The molecule has 4 nitrogen and oxygen atoms in total. The predicted molar refractivity (Wildman–Crippen MR) is 57.0 cm³/mol. The largest absolute Gasteiger partial charge is 0.476 e. The van der Waals surface area contributed by atoms with Crippen LogP contribution in [-0.2, 0) is 0 Å². The van der Waals surface area contributed by atoms with Crippen LogP contribution < -0.4 is 0 Å². The van der Waals surface area contributed by atoms with Crippen molar-refractivity contribution in [1.29, 1.82) is 0 Å². The van der Waals surface area contributed by atoms with E-state index in [1.54, 1.807) is 12.4 Å². The highest BCUT2D eigenvalue weighted by molar-refractivity contribution is 7.16. The highest BCUT2D eigenvalue weighted by Gasteiger charge is 2.10. The predicted octanol–water partition coefficient (Wildman–Crippen LogP) is 2.21. The summed E-state index contributed by atoms with van der Waals surface area (Å²) < 4.78 is 0. The normalized spacial score (nSPS) is 10.2. The van der Waals surface area contributed by atoms with Crippen LogP contribution in [0.3, 0.4) is 0 Å². The maximum atomic E-state index is 10.6. The van der Waals surface area contributed by atoms with Crippen molar-refractivity contribution in [3.05, 3.63) is 35.2 Å². The average Bonchev–Trinajstić information content (AvgIpc) is 2.66. The van der Waals surface area contributed by atoms with Gasteiger partial charge in [-0.15, -0.1) is 11.3 Å². The quantitative estimate of drug-likeness (QED) is 0.842. The fourth-order valence-electron chi connectivity index (χ4n) is 1.21. The number of hydrogen-bond acceptors (Lipinski definition) is 4. The van der Waals surface area contributed by atoms with E-state index in [4.69, 9.17) is 5.11 Å². The monoisotopic (exact) mass is 220 g/mol. The van der Waals surface area contributed by atoms with E-state index in [1.165, 1.54) is 0 Å². The van der Waals surface area contributed by atoms with E-state index >= 15 is 0 Å². The molecule has 0 aromatic carbocycles. The smallest absolute Gasteiger partial charge is 0.365 e. The van der Waals surface area contributed by atoms with E-state index < -0.39 is 5.97 Å². The number of aromatic nitrogens is 2. The molecule has 0 saturated heterocycles. The van der Waals surface area contributed by atoms with Crippen LogP contribution in [0.2, 0.25) is 0 Å². The Morgan fingerprint density at radius 3 is 2.87 bits per heavy atom. The fraction of sp³-hybridized carbons (Fsp3) is 0.100. The summed E-state index contributed by atoms with van der Waals surface area (Å²) in [6, 6.07) is 3.74. The third-order valence-corrected chi connectivity index (χ3v) is 2.90. The Morgan fingerprint density at radius 2 is 2.27 bits per heavy atom. The second kappa shape index (κ2) is 3.78. The first-order valence-electron chi connectivity index (χ1n) is 4.29. The number of rotatable bonds is 2. The molecular formula is C10H8N2O2S. The molecule has 2 heterocycles. The lowest BCUT2D eigenvalue weighted by Crippen LogP contribution is -1.92. The minimum atomic E-state index is -0.989. The van der Waals surface area contributed by atoms with E-state index in [0.29, 0.717) is 0 Å². The van der Waals surface area contributed by atoms with Gasteiger partial charge in [0.05, 0.1) is 4.88 Å². The van der Waals surface area contributed by atoms with Crippen molar-refractivity contribution in [3.63, 3.8) is 0 Å². The molecule has 0 amide bonds. The van der Waals surface area contributed by atoms with Crippen LogP contribution >= 0.6 is 11.3 Å². The molecule has 1 N–H and O–H groups in total. The zero-order chi connectivity index (χ0) is 10.8. The maximum absolute atomic E-state index is 10.6. The standard InChI is InChI=1S/C10H8N2O2S/c1-6-4-7(2-3-11-6)8-5-12-9(15-8)10(13)14/h2-5H,1H3,(H,13,14). The lowest BCUT2D eigenvalue weighted by Gasteiger charge is -1.96. The summed E-state index contributed by atoms with van der Waals surface area (Å²) in [6.45, 7) is 1.89. The summed E-state index contributed by atoms with van der Waals surface area (Å²) in [5.74, 6) is -0.989. The molecule has 0 bridgehead atoms. The molecule has 5 heteroatoms. The van der Waals surface area contributed by atoms with E-state index in [9.17, 15) is 4.79 Å². The van der Waals surface area contributed by atoms with Gasteiger partial charge in [0.2, 0.25) is 5.01 Å². The van der Waals surface area contributed by atoms with Gasteiger partial charge in [0.25, 0.3) is 0 Å². The molecule has 0 aliphatic rings. The molecule has 0 aliphatic carbocycles. The van der Waals surface area contributed by atoms with Crippen molar-refractivity contribution in [3.8, 4) is 10.4 Å². The van der Waals surface area contributed by atoms with Crippen molar-refractivity contribution < 1.29 is 9.90 Å². The number of carboxylic acid groups (broad SMARTS) is 1. The van der Waals surface area contributed by atoms with Crippen molar-refractivity contribution in [1.82, 2.24) is 9.97 Å². The summed E-state index contributed by atoms with van der Waals surface area (Å²) >= 11 is 1.16. The van der Waals surface area contributed by atoms with Crippen LogP contribution in [-0.4, -0.2) is 21.0 Å². The molecule has 76 valence electrons. The molecule has 0 unspecified atom stereocenters. The fourth-order valence-corrected chi connectivity index (χ4v) is 1.96. The number of nitrogens with zero attached hydrogens (tertiary/aromatic N) is 2. The van der Waals surface area contributed by atoms with Gasteiger partial charge in [-0.1, -0.05) is 0 Å². The number of carbonyl (C=O) groups is 1. The van der Waals surface area contributed by atoms with Gasteiger partial charge in [-0.25, -0.2) is 9.78 Å². The Hall–Kier alpha value is -1.75. The molecule has 0 atom stereocenters. The van der Waals surface area contributed by atoms with E-state index in [2.05, 4.69) is 9.97 Å². The van der Waals surface area contributed by atoms with E-state index in [0.717, 1.165) is 27.5 Å². The summed E-state index contributed by atoms with van der Waals surface area (Å²) in [4.78, 5) is 19.4. The molecule has 15 heavy (non-hydrogen) atoms. The van der Waals surface area contributed by atoms with Crippen LogP contribution in [0.4, 0.5) is 0 Å².